The van der Waals surface area contributed by atoms with Crippen LogP contribution < -0.4 is 5.32 Å². The fourth-order valence-electron chi connectivity index (χ4n) is 1.41. The number of Topliss-reactive ketones (excluding diaryl/α,β-unsaturated/α-hetero) is 1. The fourth-order valence-corrected chi connectivity index (χ4v) is 1.41. The Labute approximate surface area is 114 Å². The van der Waals surface area contributed by atoms with Gasteiger partial charge in [0.1, 0.15) is 5.57 Å². The highest BCUT2D eigenvalue weighted by molar-refractivity contribution is 6.17. The summed E-state index contributed by atoms with van der Waals surface area (Å²) in [6.45, 7) is 6.39. The maximum absolute atomic E-state index is 12.0. The average molecular weight is 273 g/mol. The lowest BCUT2D eigenvalue weighted by Crippen LogP contribution is -2.26. The zero-order chi connectivity index (χ0) is 14.7. The molecule has 6 nitrogen and oxygen atoms in total. The maximum atomic E-state index is 12.0. The molecule has 0 aliphatic rings. The van der Waals surface area contributed by atoms with Gasteiger partial charge >= 0.3 is 5.97 Å². The van der Waals surface area contributed by atoms with E-state index in [-0.39, 0.29) is 24.4 Å². The summed E-state index contributed by atoms with van der Waals surface area (Å²) in [5, 5.41) is 2.66. The van der Waals surface area contributed by atoms with Crippen molar-refractivity contribution in [1.82, 2.24) is 5.32 Å². The highest BCUT2D eigenvalue weighted by atomic mass is 16.7. The van der Waals surface area contributed by atoms with E-state index in [1.165, 1.54) is 6.20 Å². The first-order valence-electron chi connectivity index (χ1n) is 6.41. The molecule has 110 valence electrons. The lowest BCUT2D eigenvalue weighted by Gasteiger charge is -2.16. The molecule has 0 heterocycles. The van der Waals surface area contributed by atoms with Gasteiger partial charge in [-0.25, -0.2) is 4.79 Å². The van der Waals surface area contributed by atoms with Gasteiger partial charge in [0, 0.05) is 26.5 Å². The van der Waals surface area contributed by atoms with Crippen molar-refractivity contribution in [2.24, 2.45) is 0 Å². The number of nitrogens with one attached hydrogen (secondary N) is 1. The number of ketones is 1. The Morgan fingerprint density at radius 3 is 2.11 bits per heavy atom. The maximum Gasteiger partial charge on any atom is 0.343 e. The highest BCUT2D eigenvalue weighted by Crippen LogP contribution is 2.09. The smallest absolute Gasteiger partial charge is 0.343 e. The lowest BCUT2D eigenvalue weighted by molar-refractivity contribution is -0.151. The zero-order valence-electron chi connectivity index (χ0n) is 12.0. The number of esters is 1. The van der Waals surface area contributed by atoms with Gasteiger partial charge < -0.3 is 19.5 Å². The Balaban J connectivity index is 4.71. The van der Waals surface area contributed by atoms with E-state index in [0.29, 0.717) is 13.2 Å². The molecule has 0 radical (unpaired) electrons. The number of carbonyl (C=O) groups excluding carboxylic acids is 2. The molecule has 0 bridgehead atoms. The molecular weight excluding hydrogens is 250 g/mol. The van der Waals surface area contributed by atoms with Gasteiger partial charge in [0.15, 0.2) is 12.1 Å². The van der Waals surface area contributed by atoms with Crippen LogP contribution in [0.4, 0.5) is 0 Å². The molecule has 0 aromatic carbocycles. The number of ether oxygens (including phenoxy) is 3. The molecule has 0 spiro atoms. The summed E-state index contributed by atoms with van der Waals surface area (Å²) < 4.78 is 15.4. The first-order chi connectivity index (χ1) is 9.10. The average Bonchev–Trinajstić information content (AvgIpc) is 2.36. The van der Waals surface area contributed by atoms with Gasteiger partial charge in [0.2, 0.25) is 0 Å². The van der Waals surface area contributed by atoms with Crippen LogP contribution in [0.3, 0.4) is 0 Å². The largest absolute Gasteiger partial charge is 0.462 e. The predicted octanol–water partition coefficient (Wildman–Crippen LogP) is 1.01. The SMILES string of the molecule is CCOC(=O)/C(=C\NC)C(=O)CC(OCC)OCC. The van der Waals surface area contributed by atoms with E-state index in [4.69, 9.17) is 14.2 Å². The minimum absolute atomic E-state index is 0.0198. The van der Waals surface area contributed by atoms with E-state index in [1.807, 2.05) is 13.8 Å². The van der Waals surface area contributed by atoms with Crippen molar-refractivity contribution in [2.75, 3.05) is 26.9 Å². The highest BCUT2D eigenvalue weighted by Gasteiger charge is 2.23. The second-order valence-corrected chi connectivity index (χ2v) is 3.53. The number of rotatable bonds is 10. The van der Waals surface area contributed by atoms with Crippen LogP contribution in [0.5, 0.6) is 0 Å². The molecule has 1 N–H and O–H groups in total. The monoisotopic (exact) mass is 273 g/mol. The van der Waals surface area contributed by atoms with Crippen LogP contribution in [0.25, 0.3) is 0 Å². The second kappa shape index (κ2) is 10.5. The van der Waals surface area contributed by atoms with Crippen LogP contribution in [-0.4, -0.2) is 44.9 Å². The van der Waals surface area contributed by atoms with Gasteiger partial charge in [-0.1, -0.05) is 0 Å². The Kier molecular flexibility index (Phi) is 9.74. The van der Waals surface area contributed by atoms with Crippen molar-refractivity contribution in [1.29, 1.82) is 0 Å². The summed E-state index contributed by atoms with van der Waals surface area (Å²) in [4.78, 5) is 23.7. The van der Waals surface area contributed by atoms with Crippen LogP contribution in [-0.2, 0) is 23.8 Å². The van der Waals surface area contributed by atoms with Crippen molar-refractivity contribution in [2.45, 2.75) is 33.5 Å². The lowest BCUT2D eigenvalue weighted by atomic mass is 10.1. The van der Waals surface area contributed by atoms with Crippen molar-refractivity contribution >= 4 is 11.8 Å². The summed E-state index contributed by atoms with van der Waals surface area (Å²) >= 11 is 0. The number of hydrogen-bond acceptors (Lipinski definition) is 6. The number of carbonyl (C=O) groups is 2. The summed E-state index contributed by atoms with van der Waals surface area (Å²) in [7, 11) is 1.61. The summed E-state index contributed by atoms with van der Waals surface area (Å²) in [5.74, 6) is -1.02. The molecule has 0 atom stereocenters. The minimum Gasteiger partial charge on any atom is -0.462 e. The second-order valence-electron chi connectivity index (χ2n) is 3.53. The van der Waals surface area contributed by atoms with Crippen molar-refractivity contribution in [3.8, 4) is 0 Å². The first-order valence-corrected chi connectivity index (χ1v) is 6.41. The van der Waals surface area contributed by atoms with Gasteiger partial charge in [-0.15, -0.1) is 0 Å². The zero-order valence-corrected chi connectivity index (χ0v) is 12.0. The molecule has 0 fully saturated rings. The first kappa shape index (κ1) is 17.6. The van der Waals surface area contributed by atoms with E-state index >= 15 is 0 Å². The normalized spacial score (nSPS) is 11.5. The minimum atomic E-state index is -0.645. The van der Waals surface area contributed by atoms with Crippen LogP contribution in [0.1, 0.15) is 27.2 Å². The standard InChI is InChI=1S/C13H23NO5/c1-5-17-12(18-6-2)8-11(15)10(9-14-4)13(16)19-7-3/h9,12,14H,5-8H2,1-4H3/b10-9-. The Hall–Kier alpha value is -1.40. The number of hydrogen-bond donors (Lipinski definition) is 1. The molecule has 0 saturated heterocycles. The third-order valence-electron chi connectivity index (χ3n) is 2.14. The van der Waals surface area contributed by atoms with Crippen molar-refractivity contribution in [3.63, 3.8) is 0 Å². The molecule has 19 heavy (non-hydrogen) atoms. The molecule has 0 aromatic rings. The Bertz CT molecular complexity index is 308. The Morgan fingerprint density at radius 2 is 1.68 bits per heavy atom. The molecule has 0 aromatic heterocycles. The van der Waals surface area contributed by atoms with E-state index < -0.39 is 12.3 Å². The molecule has 6 heteroatoms. The third-order valence-corrected chi connectivity index (χ3v) is 2.14. The molecule has 0 aliphatic heterocycles. The molecule has 0 rings (SSSR count). The molecule has 0 unspecified atom stereocenters. The fraction of sp³-hybridized carbons (Fsp3) is 0.692. The van der Waals surface area contributed by atoms with Crippen molar-refractivity contribution in [3.05, 3.63) is 11.8 Å². The topological polar surface area (TPSA) is 73.9 Å². The van der Waals surface area contributed by atoms with Crippen LogP contribution in [0.2, 0.25) is 0 Å². The molecular formula is C13H23NO5. The molecule has 0 saturated carbocycles. The van der Waals surface area contributed by atoms with Crippen LogP contribution >= 0.6 is 0 Å². The predicted molar refractivity (Wildman–Crippen MR) is 70.4 cm³/mol. The Morgan fingerprint density at radius 1 is 1.11 bits per heavy atom. The quantitative estimate of drug-likeness (QED) is 0.210. The van der Waals surface area contributed by atoms with E-state index in [9.17, 15) is 9.59 Å². The van der Waals surface area contributed by atoms with E-state index in [1.54, 1.807) is 14.0 Å². The van der Waals surface area contributed by atoms with Gasteiger partial charge in [-0.05, 0) is 20.8 Å². The van der Waals surface area contributed by atoms with Gasteiger partial charge in [0.05, 0.1) is 13.0 Å². The van der Waals surface area contributed by atoms with Crippen molar-refractivity contribution < 1.29 is 23.8 Å². The summed E-state index contributed by atoms with van der Waals surface area (Å²) in [5.41, 5.74) is -0.0336. The van der Waals surface area contributed by atoms with Gasteiger partial charge in [-0.3, -0.25) is 4.79 Å². The van der Waals surface area contributed by atoms with Gasteiger partial charge in [-0.2, -0.15) is 0 Å². The van der Waals surface area contributed by atoms with Crippen LogP contribution in [0.15, 0.2) is 11.8 Å². The summed E-state index contributed by atoms with van der Waals surface area (Å²) in [6.07, 6.45) is 0.667. The van der Waals surface area contributed by atoms with E-state index in [0.717, 1.165) is 0 Å². The van der Waals surface area contributed by atoms with E-state index in [2.05, 4.69) is 5.32 Å². The molecule has 0 aliphatic carbocycles. The summed E-state index contributed by atoms with van der Waals surface area (Å²) in [6, 6.07) is 0. The van der Waals surface area contributed by atoms with Gasteiger partial charge in [0.25, 0.3) is 0 Å². The molecule has 0 amide bonds. The third kappa shape index (κ3) is 6.93. The van der Waals surface area contributed by atoms with Crippen LogP contribution in [0, 0.1) is 0 Å².